The molecule has 0 bridgehead atoms. The van der Waals surface area contributed by atoms with Crippen LogP contribution >= 0.6 is 0 Å². The fraction of sp³-hybridized carbons (Fsp3) is 0.800. The lowest BCUT2D eigenvalue weighted by molar-refractivity contribution is 0.292. The summed E-state index contributed by atoms with van der Waals surface area (Å²) < 4.78 is 0. The minimum absolute atomic E-state index is 0.294. The molecule has 0 aromatic heterocycles. The van der Waals surface area contributed by atoms with Crippen molar-refractivity contribution >= 4 is 0 Å². The van der Waals surface area contributed by atoms with Crippen molar-refractivity contribution in [1.82, 2.24) is 0 Å². The Kier molecular flexibility index (Phi) is 3.14. The van der Waals surface area contributed by atoms with Crippen molar-refractivity contribution in [3.05, 3.63) is 5.92 Å². The predicted octanol–water partition coefficient (Wildman–Crippen LogP) is 0.983. The molecule has 0 rings (SSSR count). The van der Waals surface area contributed by atoms with Crippen molar-refractivity contribution in [3.63, 3.8) is 0 Å². The van der Waals surface area contributed by atoms with Crippen LogP contribution in [0, 0.1) is 5.92 Å². The Hall–Kier alpha value is -0.0400. The molecule has 0 aliphatic rings. The predicted molar refractivity (Wildman–Crippen MR) is 26.3 cm³/mol. The number of aliphatic hydroxyl groups excluding tert-OH is 1. The van der Waals surface area contributed by atoms with E-state index in [-0.39, 0.29) is 0 Å². The standard InChI is InChI=1S/C5H11O/c1-5(2)3-4-6/h6H,3-4H2,1-2H3. The minimum Gasteiger partial charge on any atom is -0.396 e. The SMILES string of the molecule is C[C](C)CCO. The lowest BCUT2D eigenvalue weighted by Crippen LogP contribution is -1.87. The van der Waals surface area contributed by atoms with Crippen LogP contribution in [0.3, 0.4) is 0 Å². The zero-order chi connectivity index (χ0) is 4.99. The third kappa shape index (κ3) is 3.96. The van der Waals surface area contributed by atoms with E-state index >= 15 is 0 Å². The molecule has 0 saturated heterocycles. The Bertz CT molecular complexity index is 25.1. The lowest BCUT2D eigenvalue weighted by Gasteiger charge is -1.94. The quantitative estimate of drug-likeness (QED) is 0.532. The average Bonchev–Trinajstić information content (AvgIpc) is 1.35. The third-order valence-electron chi connectivity index (χ3n) is 0.612. The summed E-state index contributed by atoms with van der Waals surface area (Å²) in [6.45, 7) is 4.31. The van der Waals surface area contributed by atoms with Gasteiger partial charge in [0.25, 0.3) is 0 Å². The Morgan fingerprint density at radius 1 is 1.50 bits per heavy atom. The summed E-state index contributed by atoms with van der Waals surface area (Å²) in [5.41, 5.74) is 0. The molecule has 0 atom stereocenters. The fourth-order valence-electron chi connectivity index (χ4n) is 0.224. The fourth-order valence-corrected chi connectivity index (χ4v) is 0.224. The molecule has 1 radical (unpaired) electrons. The summed E-state index contributed by atoms with van der Waals surface area (Å²) in [7, 11) is 0. The van der Waals surface area contributed by atoms with Gasteiger partial charge in [-0.3, -0.25) is 0 Å². The topological polar surface area (TPSA) is 20.2 Å². The summed E-state index contributed by atoms with van der Waals surface area (Å²) in [5.74, 6) is 1.29. The molecule has 37 valence electrons. The first kappa shape index (κ1) is 5.96. The van der Waals surface area contributed by atoms with Crippen LogP contribution in [0.5, 0.6) is 0 Å². The van der Waals surface area contributed by atoms with E-state index in [4.69, 9.17) is 5.11 Å². The van der Waals surface area contributed by atoms with Gasteiger partial charge >= 0.3 is 0 Å². The second kappa shape index (κ2) is 3.16. The Morgan fingerprint density at radius 2 is 2.00 bits per heavy atom. The van der Waals surface area contributed by atoms with Gasteiger partial charge in [0.2, 0.25) is 0 Å². The molecule has 0 aromatic rings. The Balaban J connectivity index is 2.63. The summed E-state index contributed by atoms with van der Waals surface area (Å²) in [5, 5.41) is 8.22. The summed E-state index contributed by atoms with van der Waals surface area (Å²) in [6, 6.07) is 0. The van der Waals surface area contributed by atoms with Crippen molar-refractivity contribution < 1.29 is 5.11 Å². The molecule has 0 unspecified atom stereocenters. The van der Waals surface area contributed by atoms with Crippen molar-refractivity contribution in [2.24, 2.45) is 0 Å². The van der Waals surface area contributed by atoms with Gasteiger partial charge in [-0.15, -0.1) is 0 Å². The molecule has 0 fully saturated rings. The van der Waals surface area contributed by atoms with E-state index in [0.29, 0.717) is 6.61 Å². The van der Waals surface area contributed by atoms with Crippen molar-refractivity contribution in [3.8, 4) is 0 Å². The monoisotopic (exact) mass is 87.1 g/mol. The molecule has 0 amide bonds. The van der Waals surface area contributed by atoms with Gasteiger partial charge in [0.1, 0.15) is 0 Å². The van der Waals surface area contributed by atoms with Crippen molar-refractivity contribution in [2.75, 3.05) is 6.61 Å². The molecule has 1 N–H and O–H groups in total. The first-order valence-corrected chi connectivity index (χ1v) is 2.17. The van der Waals surface area contributed by atoms with E-state index in [9.17, 15) is 0 Å². The molecule has 0 spiro atoms. The van der Waals surface area contributed by atoms with Gasteiger partial charge in [0, 0.05) is 6.61 Å². The van der Waals surface area contributed by atoms with Crippen LogP contribution in [0.4, 0.5) is 0 Å². The number of hydrogen-bond acceptors (Lipinski definition) is 1. The molecule has 1 nitrogen and oxygen atoms in total. The first-order chi connectivity index (χ1) is 2.77. The van der Waals surface area contributed by atoms with Crippen LogP contribution < -0.4 is 0 Å². The lowest BCUT2D eigenvalue weighted by atomic mass is 10.2. The minimum atomic E-state index is 0.294. The largest absolute Gasteiger partial charge is 0.396 e. The highest BCUT2D eigenvalue weighted by atomic mass is 16.2. The maximum Gasteiger partial charge on any atom is 0.0436 e. The van der Waals surface area contributed by atoms with Gasteiger partial charge < -0.3 is 5.11 Å². The highest BCUT2D eigenvalue weighted by Crippen LogP contribution is 1.98. The molecule has 0 aromatic carbocycles. The zero-order valence-electron chi connectivity index (χ0n) is 4.36. The van der Waals surface area contributed by atoms with E-state index < -0.39 is 0 Å². The maximum atomic E-state index is 8.22. The number of rotatable bonds is 2. The van der Waals surface area contributed by atoms with E-state index in [0.717, 1.165) is 6.42 Å². The molecule has 0 saturated carbocycles. The summed E-state index contributed by atoms with van der Waals surface area (Å²) in [4.78, 5) is 0. The molecule has 0 heterocycles. The van der Waals surface area contributed by atoms with Gasteiger partial charge in [-0.2, -0.15) is 0 Å². The third-order valence-corrected chi connectivity index (χ3v) is 0.612. The molecular weight excluding hydrogens is 76.1 g/mol. The smallest absolute Gasteiger partial charge is 0.0436 e. The summed E-state index contributed by atoms with van der Waals surface area (Å²) >= 11 is 0. The van der Waals surface area contributed by atoms with E-state index in [1.165, 1.54) is 5.92 Å². The number of hydrogen-bond donors (Lipinski definition) is 1. The molecule has 6 heavy (non-hydrogen) atoms. The normalized spacial score (nSPS) is 10.0. The van der Waals surface area contributed by atoms with Gasteiger partial charge in [0.05, 0.1) is 0 Å². The highest BCUT2D eigenvalue weighted by Gasteiger charge is 1.87. The second-order valence-electron chi connectivity index (χ2n) is 1.68. The summed E-state index contributed by atoms with van der Waals surface area (Å²) in [6.07, 6.45) is 0.847. The van der Waals surface area contributed by atoms with Crippen LogP contribution in [0.25, 0.3) is 0 Å². The van der Waals surface area contributed by atoms with Gasteiger partial charge in [-0.1, -0.05) is 13.8 Å². The van der Waals surface area contributed by atoms with Crippen LogP contribution in [-0.4, -0.2) is 11.7 Å². The van der Waals surface area contributed by atoms with Crippen LogP contribution in [0.15, 0.2) is 0 Å². The number of aliphatic hydroxyl groups is 1. The van der Waals surface area contributed by atoms with Gasteiger partial charge in [-0.25, -0.2) is 0 Å². The van der Waals surface area contributed by atoms with Crippen molar-refractivity contribution in [1.29, 1.82) is 0 Å². The van der Waals surface area contributed by atoms with Gasteiger partial charge in [0.15, 0.2) is 0 Å². The average molecular weight is 87.1 g/mol. The Labute approximate surface area is 39.0 Å². The highest BCUT2D eigenvalue weighted by molar-refractivity contribution is 4.74. The van der Waals surface area contributed by atoms with E-state index in [1.54, 1.807) is 0 Å². The second-order valence-corrected chi connectivity index (χ2v) is 1.68. The van der Waals surface area contributed by atoms with E-state index in [1.807, 2.05) is 13.8 Å². The molecule has 1 heteroatoms. The van der Waals surface area contributed by atoms with Crippen molar-refractivity contribution in [2.45, 2.75) is 20.3 Å². The maximum absolute atomic E-state index is 8.22. The van der Waals surface area contributed by atoms with Crippen LogP contribution in [0.1, 0.15) is 20.3 Å². The zero-order valence-corrected chi connectivity index (χ0v) is 4.36. The molecular formula is C5H11O. The molecule has 0 aliphatic carbocycles. The van der Waals surface area contributed by atoms with Crippen LogP contribution in [-0.2, 0) is 0 Å². The molecule has 0 aliphatic heterocycles. The van der Waals surface area contributed by atoms with E-state index in [2.05, 4.69) is 0 Å². The van der Waals surface area contributed by atoms with Gasteiger partial charge in [-0.05, 0) is 12.3 Å². The Morgan fingerprint density at radius 3 is 2.00 bits per heavy atom. The first-order valence-electron chi connectivity index (χ1n) is 2.17. The van der Waals surface area contributed by atoms with Crippen LogP contribution in [0.2, 0.25) is 0 Å².